The summed E-state index contributed by atoms with van der Waals surface area (Å²) in [4.78, 5) is 12.4. The van der Waals surface area contributed by atoms with Gasteiger partial charge in [0.1, 0.15) is 11.6 Å². The third kappa shape index (κ3) is 3.33. The molecule has 0 fully saturated rings. The molecule has 2 aromatic heterocycles. The second-order valence-electron chi connectivity index (χ2n) is 6.65. The van der Waals surface area contributed by atoms with Crippen LogP contribution in [0.25, 0.3) is 0 Å². The van der Waals surface area contributed by atoms with Crippen LogP contribution in [0.15, 0.2) is 22.0 Å². The number of aromatic nitrogens is 2. The van der Waals surface area contributed by atoms with E-state index in [2.05, 4.69) is 43.4 Å². The van der Waals surface area contributed by atoms with E-state index in [1.165, 1.54) is 10.4 Å². The molecule has 5 heteroatoms. The minimum atomic E-state index is -0.373. The van der Waals surface area contributed by atoms with Gasteiger partial charge in [0.05, 0.1) is 6.21 Å². The molecular weight excluding hydrogens is 300 g/mol. The van der Waals surface area contributed by atoms with E-state index >= 15 is 0 Å². The van der Waals surface area contributed by atoms with Crippen LogP contribution in [0.2, 0.25) is 0 Å². The number of aryl methyl sites for hydroxylation is 3. The largest absolute Gasteiger partial charge is 0.348 e. The summed E-state index contributed by atoms with van der Waals surface area (Å²) in [7, 11) is 0. The number of hydrogen-bond acceptors (Lipinski definition) is 3. The monoisotopic (exact) mass is 324 g/mol. The first-order chi connectivity index (χ1) is 11.3. The molecule has 0 saturated heterocycles. The van der Waals surface area contributed by atoms with E-state index in [-0.39, 0.29) is 11.1 Å². The summed E-state index contributed by atoms with van der Waals surface area (Å²) in [6.45, 7) is 13.0. The highest BCUT2D eigenvalue weighted by Gasteiger charge is 2.11. The lowest BCUT2D eigenvalue weighted by atomic mass is 10.1. The molecule has 0 atom stereocenters. The smallest absolute Gasteiger partial charge is 0.289 e. The van der Waals surface area contributed by atoms with Crippen LogP contribution in [0, 0.1) is 44.9 Å². The van der Waals surface area contributed by atoms with Gasteiger partial charge in [-0.1, -0.05) is 13.8 Å². The van der Waals surface area contributed by atoms with Crippen molar-refractivity contribution in [3.8, 4) is 6.07 Å². The highest BCUT2D eigenvalue weighted by Crippen LogP contribution is 2.15. The van der Waals surface area contributed by atoms with E-state index in [4.69, 9.17) is 5.26 Å². The van der Waals surface area contributed by atoms with Crippen molar-refractivity contribution in [3.05, 3.63) is 56.3 Å². The van der Waals surface area contributed by atoms with Crippen LogP contribution in [0.3, 0.4) is 0 Å². The van der Waals surface area contributed by atoms with Gasteiger partial charge in [-0.15, -0.1) is 0 Å². The fourth-order valence-corrected chi connectivity index (χ4v) is 2.89. The summed E-state index contributed by atoms with van der Waals surface area (Å²) in [6, 6.07) is 5.84. The van der Waals surface area contributed by atoms with E-state index < -0.39 is 0 Å². The predicted molar refractivity (Wildman–Crippen MR) is 96.6 cm³/mol. The summed E-state index contributed by atoms with van der Waals surface area (Å²) in [5.41, 5.74) is 4.45. The van der Waals surface area contributed by atoms with Crippen LogP contribution < -0.4 is 5.56 Å². The number of nitrogens with zero attached hydrogens (tertiary/aromatic N) is 4. The lowest BCUT2D eigenvalue weighted by molar-refractivity contribution is 0.509. The van der Waals surface area contributed by atoms with Gasteiger partial charge in [-0.3, -0.25) is 4.79 Å². The topological polar surface area (TPSA) is 63.1 Å². The third-order valence-electron chi connectivity index (χ3n) is 4.14. The van der Waals surface area contributed by atoms with E-state index in [0.29, 0.717) is 17.2 Å². The summed E-state index contributed by atoms with van der Waals surface area (Å²) in [5.74, 6) is 0.555. The standard InChI is InChI=1S/C19H24N4O/c1-12(2)11-22-14(4)8-17(16(22)6)10-21-23-15(5)7-13(3)18(9-20)19(23)24/h7-8,10,12H,11H2,1-6H3/b21-10-. The van der Waals surface area contributed by atoms with Crippen molar-refractivity contribution in [1.29, 1.82) is 5.26 Å². The van der Waals surface area contributed by atoms with Gasteiger partial charge in [-0.25, -0.2) is 4.68 Å². The molecule has 0 aromatic carbocycles. The van der Waals surface area contributed by atoms with Gasteiger partial charge in [-0.05, 0) is 51.3 Å². The Morgan fingerprint density at radius 3 is 2.46 bits per heavy atom. The van der Waals surface area contributed by atoms with Gasteiger partial charge in [0.25, 0.3) is 5.56 Å². The maximum Gasteiger partial charge on any atom is 0.289 e. The van der Waals surface area contributed by atoms with E-state index in [0.717, 1.165) is 17.8 Å². The number of pyridine rings is 1. The molecule has 0 aliphatic carbocycles. The highest BCUT2D eigenvalue weighted by atomic mass is 16.1. The first kappa shape index (κ1) is 17.7. The van der Waals surface area contributed by atoms with Crippen LogP contribution in [0.4, 0.5) is 0 Å². The summed E-state index contributed by atoms with van der Waals surface area (Å²) < 4.78 is 3.55. The van der Waals surface area contributed by atoms with E-state index in [1.807, 2.05) is 13.0 Å². The molecule has 0 bridgehead atoms. The molecule has 24 heavy (non-hydrogen) atoms. The molecule has 0 aliphatic rings. The molecule has 5 nitrogen and oxygen atoms in total. The first-order valence-electron chi connectivity index (χ1n) is 8.10. The molecule has 2 heterocycles. The molecule has 2 aromatic rings. The van der Waals surface area contributed by atoms with Crippen molar-refractivity contribution in [3.63, 3.8) is 0 Å². The van der Waals surface area contributed by atoms with E-state index in [9.17, 15) is 4.79 Å². The third-order valence-corrected chi connectivity index (χ3v) is 4.14. The second kappa shape index (κ2) is 6.88. The fourth-order valence-electron chi connectivity index (χ4n) is 2.89. The zero-order valence-corrected chi connectivity index (χ0v) is 15.2. The Bertz CT molecular complexity index is 892. The Hall–Kier alpha value is -2.61. The molecular formula is C19H24N4O. The zero-order chi connectivity index (χ0) is 18.0. The Balaban J connectivity index is 2.47. The second-order valence-corrected chi connectivity index (χ2v) is 6.65. The molecule has 0 amide bonds. The lowest BCUT2D eigenvalue weighted by Crippen LogP contribution is -2.22. The van der Waals surface area contributed by atoms with Crippen LogP contribution in [0.5, 0.6) is 0 Å². The summed E-state index contributed by atoms with van der Waals surface area (Å²) in [5, 5.41) is 13.5. The predicted octanol–water partition coefficient (Wildman–Crippen LogP) is 3.29. The molecule has 126 valence electrons. The van der Waals surface area contributed by atoms with Crippen LogP contribution in [0.1, 0.15) is 47.6 Å². The first-order valence-corrected chi connectivity index (χ1v) is 8.10. The average Bonchev–Trinajstić information content (AvgIpc) is 2.74. The molecule has 2 rings (SSSR count). The van der Waals surface area contributed by atoms with E-state index in [1.54, 1.807) is 19.2 Å². The van der Waals surface area contributed by atoms with Crippen LogP contribution in [-0.2, 0) is 6.54 Å². The molecule has 0 N–H and O–H groups in total. The zero-order valence-electron chi connectivity index (χ0n) is 15.2. The van der Waals surface area contributed by atoms with Gasteiger partial charge < -0.3 is 4.57 Å². The Morgan fingerprint density at radius 1 is 1.21 bits per heavy atom. The molecule has 0 saturated carbocycles. The number of hydrogen-bond donors (Lipinski definition) is 0. The average molecular weight is 324 g/mol. The minimum absolute atomic E-state index is 0.142. The van der Waals surface area contributed by atoms with Crippen LogP contribution >= 0.6 is 0 Å². The van der Waals surface area contributed by atoms with Crippen LogP contribution in [-0.4, -0.2) is 15.5 Å². The van der Waals surface area contributed by atoms with Gasteiger partial charge in [0.2, 0.25) is 0 Å². The molecule has 0 radical (unpaired) electrons. The fraction of sp³-hybridized carbons (Fsp3) is 0.421. The number of rotatable bonds is 4. The summed E-state index contributed by atoms with van der Waals surface area (Å²) >= 11 is 0. The quantitative estimate of drug-likeness (QED) is 0.810. The van der Waals surface area contributed by atoms with Gasteiger partial charge in [0, 0.05) is 29.2 Å². The Kier molecular flexibility index (Phi) is 5.08. The molecule has 0 aliphatic heterocycles. The lowest BCUT2D eigenvalue weighted by Gasteiger charge is -2.11. The minimum Gasteiger partial charge on any atom is -0.348 e. The van der Waals surface area contributed by atoms with Gasteiger partial charge in [0.15, 0.2) is 0 Å². The van der Waals surface area contributed by atoms with Gasteiger partial charge in [-0.2, -0.15) is 10.4 Å². The van der Waals surface area contributed by atoms with Crippen molar-refractivity contribution in [1.82, 2.24) is 9.24 Å². The normalized spacial score (nSPS) is 11.4. The molecule has 0 unspecified atom stereocenters. The van der Waals surface area contributed by atoms with Crippen molar-refractivity contribution < 1.29 is 0 Å². The summed E-state index contributed by atoms with van der Waals surface area (Å²) in [6.07, 6.45) is 1.70. The number of nitriles is 1. The molecule has 0 spiro atoms. The van der Waals surface area contributed by atoms with Crippen molar-refractivity contribution in [2.75, 3.05) is 0 Å². The SMILES string of the molecule is Cc1cc(C)n(/N=C\c2cc(C)n(CC(C)C)c2C)c(=O)c1C#N. The van der Waals surface area contributed by atoms with Crippen molar-refractivity contribution in [2.45, 2.75) is 48.1 Å². The maximum absolute atomic E-state index is 12.4. The Morgan fingerprint density at radius 2 is 1.88 bits per heavy atom. The Labute approximate surface area is 142 Å². The maximum atomic E-state index is 12.4. The van der Waals surface area contributed by atoms with Gasteiger partial charge >= 0.3 is 0 Å². The van der Waals surface area contributed by atoms with Crippen molar-refractivity contribution in [2.24, 2.45) is 11.0 Å². The van der Waals surface area contributed by atoms with Crippen molar-refractivity contribution >= 4 is 6.21 Å². The highest BCUT2D eigenvalue weighted by molar-refractivity contribution is 5.81.